The highest BCUT2D eigenvalue weighted by atomic mass is 35.5. The van der Waals surface area contributed by atoms with Gasteiger partial charge < -0.3 is 10.6 Å². The number of anilines is 1. The third-order valence-electron chi connectivity index (χ3n) is 3.53. The van der Waals surface area contributed by atoms with Crippen LogP contribution in [0.4, 0.5) is 28.0 Å². The molecule has 0 saturated heterocycles. The maximum Gasteiger partial charge on any atom is 0.418 e. The van der Waals surface area contributed by atoms with E-state index >= 15 is 0 Å². The van der Waals surface area contributed by atoms with Crippen molar-refractivity contribution in [1.82, 2.24) is 5.32 Å². The number of carbonyl (C=O) groups excluding carboxylic acids is 1. The number of alkyl halides is 3. The Hall–Kier alpha value is -2.28. The van der Waals surface area contributed by atoms with Crippen LogP contribution in [0.15, 0.2) is 42.5 Å². The Balaban J connectivity index is 2.19. The van der Waals surface area contributed by atoms with Crippen molar-refractivity contribution >= 4 is 23.3 Å². The Morgan fingerprint density at radius 2 is 1.64 bits per heavy atom. The van der Waals surface area contributed by atoms with Crippen LogP contribution in [0.5, 0.6) is 0 Å². The summed E-state index contributed by atoms with van der Waals surface area (Å²) in [6.45, 7) is 3.29. The lowest BCUT2D eigenvalue weighted by Crippen LogP contribution is -2.43. The summed E-state index contributed by atoms with van der Waals surface area (Å²) in [7, 11) is 0. The van der Waals surface area contributed by atoms with Crippen molar-refractivity contribution < 1.29 is 22.4 Å². The quantitative estimate of drug-likeness (QED) is 0.679. The fourth-order valence-electron chi connectivity index (χ4n) is 2.24. The maximum absolute atomic E-state index is 13.1. The molecule has 0 bridgehead atoms. The minimum absolute atomic E-state index is 0.0927. The zero-order valence-electron chi connectivity index (χ0n) is 13.3. The summed E-state index contributed by atoms with van der Waals surface area (Å²) in [6.07, 6.45) is -4.67. The Morgan fingerprint density at radius 1 is 1.04 bits per heavy atom. The molecule has 134 valence electrons. The number of benzene rings is 2. The zero-order chi connectivity index (χ0) is 18.8. The van der Waals surface area contributed by atoms with Crippen molar-refractivity contribution in [1.29, 1.82) is 0 Å². The normalized spacial score (nSPS) is 12.0. The summed E-state index contributed by atoms with van der Waals surface area (Å²) in [6, 6.07) is 7.67. The second-order valence-corrected chi connectivity index (χ2v) is 6.34. The van der Waals surface area contributed by atoms with Crippen LogP contribution in [0.1, 0.15) is 25.0 Å². The monoisotopic (exact) mass is 374 g/mol. The molecule has 0 unspecified atom stereocenters. The van der Waals surface area contributed by atoms with Gasteiger partial charge in [-0.1, -0.05) is 23.7 Å². The third kappa shape index (κ3) is 4.85. The number of rotatable bonds is 3. The largest absolute Gasteiger partial charge is 0.418 e. The van der Waals surface area contributed by atoms with Gasteiger partial charge in [-0.2, -0.15) is 13.2 Å². The smallest absolute Gasteiger partial charge is 0.329 e. The van der Waals surface area contributed by atoms with Gasteiger partial charge in [-0.25, -0.2) is 9.18 Å². The van der Waals surface area contributed by atoms with Gasteiger partial charge in [0.25, 0.3) is 0 Å². The van der Waals surface area contributed by atoms with Crippen molar-refractivity contribution in [2.45, 2.75) is 25.6 Å². The molecule has 2 aromatic rings. The van der Waals surface area contributed by atoms with Crippen LogP contribution >= 0.6 is 11.6 Å². The molecule has 0 saturated carbocycles. The van der Waals surface area contributed by atoms with E-state index in [0.29, 0.717) is 5.56 Å². The average Bonchev–Trinajstić information content (AvgIpc) is 2.48. The van der Waals surface area contributed by atoms with E-state index < -0.39 is 34.8 Å². The molecular weight excluding hydrogens is 360 g/mol. The molecule has 2 amide bonds. The molecule has 0 spiro atoms. The Bertz CT molecular complexity index is 773. The molecular formula is C17H15ClF4N2O. The van der Waals surface area contributed by atoms with E-state index in [9.17, 15) is 22.4 Å². The molecule has 3 nitrogen and oxygen atoms in total. The summed E-state index contributed by atoms with van der Waals surface area (Å²) in [5.74, 6) is -0.431. The van der Waals surface area contributed by atoms with Crippen LogP contribution < -0.4 is 10.6 Å². The predicted molar refractivity (Wildman–Crippen MR) is 88.0 cm³/mol. The van der Waals surface area contributed by atoms with Crippen molar-refractivity contribution in [3.63, 3.8) is 0 Å². The number of carbonyl (C=O) groups is 1. The van der Waals surface area contributed by atoms with Gasteiger partial charge in [0.05, 0.1) is 16.8 Å². The highest BCUT2D eigenvalue weighted by molar-refractivity contribution is 6.30. The number of halogens is 5. The molecule has 0 aliphatic carbocycles. The average molecular weight is 375 g/mol. The van der Waals surface area contributed by atoms with Crippen LogP contribution in [-0.4, -0.2) is 6.03 Å². The lowest BCUT2D eigenvalue weighted by atomic mass is 9.94. The first-order valence-corrected chi connectivity index (χ1v) is 7.59. The highest BCUT2D eigenvalue weighted by Crippen LogP contribution is 2.36. The number of hydrogen-bond donors (Lipinski definition) is 2. The molecule has 0 atom stereocenters. The van der Waals surface area contributed by atoms with Crippen molar-refractivity contribution in [2.75, 3.05) is 5.32 Å². The second kappa shape index (κ2) is 6.92. The van der Waals surface area contributed by atoms with E-state index in [1.165, 1.54) is 30.3 Å². The summed E-state index contributed by atoms with van der Waals surface area (Å²) in [5, 5.41) is 4.65. The molecule has 0 fully saturated rings. The first-order valence-electron chi connectivity index (χ1n) is 7.21. The first kappa shape index (κ1) is 19.1. The van der Waals surface area contributed by atoms with E-state index in [2.05, 4.69) is 10.6 Å². The first-order chi connectivity index (χ1) is 11.5. The molecule has 0 heterocycles. The predicted octanol–water partition coefficient (Wildman–Crippen LogP) is 5.55. The SMILES string of the molecule is CC(C)(NC(=O)Nc1ccc(Cl)cc1C(F)(F)F)c1ccc(F)cc1. The van der Waals surface area contributed by atoms with E-state index in [1.807, 2.05) is 0 Å². The Morgan fingerprint density at radius 3 is 2.20 bits per heavy atom. The van der Waals surface area contributed by atoms with Gasteiger partial charge in [-0.15, -0.1) is 0 Å². The molecule has 0 aromatic heterocycles. The zero-order valence-corrected chi connectivity index (χ0v) is 14.1. The molecule has 0 aliphatic rings. The van der Waals surface area contributed by atoms with Gasteiger partial charge in [-0.3, -0.25) is 0 Å². The van der Waals surface area contributed by atoms with Crippen molar-refractivity contribution in [3.05, 3.63) is 64.4 Å². The fraction of sp³-hybridized carbons (Fsp3) is 0.235. The van der Waals surface area contributed by atoms with Gasteiger partial charge in [0, 0.05) is 5.02 Å². The van der Waals surface area contributed by atoms with Crippen LogP contribution in [0.3, 0.4) is 0 Å². The Kier molecular flexibility index (Phi) is 5.27. The minimum Gasteiger partial charge on any atom is -0.329 e. The third-order valence-corrected chi connectivity index (χ3v) is 3.76. The lowest BCUT2D eigenvalue weighted by Gasteiger charge is -2.27. The van der Waals surface area contributed by atoms with Crippen molar-refractivity contribution in [2.24, 2.45) is 0 Å². The number of hydrogen-bond acceptors (Lipinski definition) is 1. The van der Waals surface area contributed by atoms with Gasteiger partial charge in [0.2, 0.25) is 0 Å². The van der Waals surface area contributed by atoms with Crippen LogP contribution in [0.25, 0.3) is 0 Å². The molecule has 2 rings (SSSR count). The maximum atomic E-state index is 13.1. The fourth-order valence-corrected chi connectivity index (χ4v) is 2.41. The number of amides is 2. The van der Waals surface area contributed by atoms with E-state index in [0.717, 1.165) is 12.1 Å². The lowest BCUT2D eigenvalue weighted by molar-refractivity contribution is -0.136. The van der Waals surface area contributed by atoms with Crippen LogP contribution in [0, 0.1) is 5.82 Å². The molecule has 8 heteroatoms. The van der Waals surface area contributed by atoms with Gasteiger partial charge in [0.1, 0.15) is 5.82 Å². The van der Waals surface area contributed by atoms with Crippen LogP contribution in [0.2, 0.25) is 5.02 Å². The van der Waals surface area contributed by atoms with Gasteiger partial charge in [0.15, 0.2) is 0 Å². The molecule has 25 heavy (non-hydrogen) atoms. The van der Waals surface area contributed by atoms with Crippen LogP contribution in [-0.2, 0) is 11.7 Å². The number of nitrogens with one attached hydrogen (secondary N) is 2. The summed E-state index contributed by atoms with van der Waals surface area (Å²) < 4.78 is 52.2. The van der Waals surface area contributed by atoms with E-state index in [-0.39, 0.29) is 5.02 Å². The molecule has 0 aliphatic heterocycles. The summed E-state index contributed by atoms with van der Waals surface area (Å²) in [5.41, 5.74) is -1.79. The van der Waals surface area contributed by atoms with Gasteiger partial charge >= 0.3 is 12.2 Å². The topological polar surface area (TPSA) is 41.1 Å². The second-order valence-electron chi connectivity index (χ2n) is 5.90. The molecule has 2 aromatic carbocycles. The van der Waals surface area contributed by atoms with Crippen molar-refractivity contribution in [3.8, 4) is 0 Å². The molecule has 2 N–H and O–H groups in total. The van der Waals surface area contributed by atoms with Gasteiger partial charge in [-0.05, 0) is 49.7 Å². The number of urea groups is 1. The Labute approximate surface area is 147 Å². The summed E-state index contributed by atoms with van der Waals surface area (Å²) >= 11 is 5.60. The highest BCUT2D eigenvalue weighted by Gasteiger charge is 2.34. The standard InChI is InChI=1S/C17H15ClF4N2O/c1-16(2,10-3-6-12(19)7-4-10)24-15(25)23-14-8-5-11(18)9-13(14)17(20,21)22/h3-9H,1-2H3,(H2,23,24,25). The minimum atomic E-state index is -4.67. The molecule has 0 radical (unpaired) electrons. The van der Waals surface area contributed by atoms with E-state index in [4.69, 9.17) is 11.6 Å². The summed E-state index contributed by atoms with van der Waals surface area (Å²) in [4.78, 5) is 12.1. The van der Waals surface area contributed by atoms with E-state index in [1.54, 1.807) is 13.8 Å².